The Hall–Kier alpha value is -0.650. The fourth-order valence-corrected chi connectivity index (χ4v) is 3.90. The SMILES string of the molecule is O=C(O)C1(C2CCOC3(CCOC3)C2)CCOCC1. The number of carboxylic acid groups (broad SMARTS) is 1. The summed E-state index contributed by atoms with van der Waals surface area (Å²) < 4.78 is 16.8. The van der Waals surface area contributed by atoms with Gasteiger partial charge in [0.05, 0.1) is 17.6 Å². The molecule has 0 aromatic rings. The third-order valence-corrected chi connectivity index (χ3v) is 5.15. The summed E-state index contributed by atoms with van der Waals surface area (Å²) >= 11 is 0. The second-order valence-corrected chi connectivity index (χ2v) is 6.10. The summed E-state index contributed by atoms with van der Waals surface area (Å²) in [4.78, 5) is 11.9. The van der Waals surface area contributed by atoms with Crippen LogP contribution in [-0.2, 0) is 19.0 Å². The Bertz CT molecular complexity index is 342. The highest BCUT2D eigenvalue weighted by Crippen LogP contribution is 2.48. The molecule has 3 saturated heterocycles. The van der Waals surface area contributed by atoms with E-state index in [9.17, 15) is 9.90 Å². The molecule has 0 amide bonds. The summed E-state index contributed by atoms with van der Waals surface area (Å²) in [5.74, 6) is -0.471. The average molecular weight is 270 g/mol. The van der Waals surface area contributed by atoms with Gasteiger partial charge in [0.15, 0.2) is 0 Å². The maximum atomic E-state index is 11.9. The number of aliphatic carboxylic acids is 1. The van der Waals surface area contributed by atoms with Gasteiger partial charge < -0.3 is 19.3 Å². The molecule has 108 valence electrons. The number of carboxylic acids is 1. The molecule has 0 aliphatic carbocycles. The highest BCUT2D eigenvalue weighted by Gasteiger charge is 2.52. The fourth-order valence-electron chi connectivity index (χ4n) is 3.90. The molecule has 3 rings (SSSR count). The van der Waals surface area contributed by atoms with Gasteiger partial charge in [0.25, 0.3) is 0 Å². The lowest BCUT2D eigenvalue weighted by molar-refractivity contribution is -0.173. The van der Waals surface area contributed by atoms with E-state index < -0.39 is 11.4 Å². The highest BCUT2D eigenvalue weighted by molar-refractivity contribution is 5.75. The molecule has 0 saturated carbocycles. The molecular formula is C14H22O5. The molecule has 2 unspecified atom stereocenters. The summed E-state index contributed by atoms with van der Waals surface area (Å²) in [5, 5.41) is 9.74. The second kappa shape index (κ2) is 5.04. The quantitative estimate of drug-likeness (QED) is 0.823. The zero-order valence-corrected chi connectivity index (χ0v) is 11.2. The second-order valence-electron chi connectivity index (χ2n) is 6.10. The smallest absolute Gasteiger partial charge is 0.310 e. The number of hydrogen-bond acceptors (Lipinski definition) is 4. The minimum absolute atomic E-state index is 0.185. The molecule has 3 fully saturated rings. The van der Waals surface area contributed by atoms with Crippen molar-refractivity contribution in [2.75, 3.05) is 33.0 Å². The molecule has 19 heavy (non-hydrogen) atoms. The number of hydrogen-bond donors (Lipinski definition) is 1. The molecule has 3 aliphatic rings. The standard InChI is InChI=1S/C14H22O5/c15-12(16)14(3-7-17-8-4-14)11-1-5-19-13(9-11)2-6-18-10-13/h11H,1-10H2,(H,15,16). The van der Waals surface area contributed by atoms with Gasteiger partial charge in [0.2, 0.25) is 0 Å². The highest BCUT2D eigenvalue weighted by atomic mass is 16.6. The van der Waals surface area contributed by atoms with E-state index in [1.165, 1.54) is 0 Å². The van der Waals surface area contributed by atoms with Gasteiger partial charge in [-0.15, -0.1) is 0 Å². The van der Waals surface area contributed by atoms with E-state index in [0.29, 0.717) is 39.3 Å². The number of carbonyl (C=O) groups is 1. The molecule has 2 atom stereocenters. The van der Waals surface area contributed by atoms with Crippen molar-refractivity contribution in [3.05, 3.63) is 0 Å². The first kappa shape index (κ1) is 13.3. The first-order valence-corrected chi connectivity index (χ1v) is 7.20. The van der Waals surface area contributed by atoms with Crippen molar-refractivity contribution in [2.24, 2.45) is 11.3 Å². The fraction of sp³-hybridized carbons (Fsp3) is 0.929. The number of ether oxygens (including phenoxy) is 3. The van der Waals surface area contributed by atoms with Crippen LogP contribution in [0.1, 0.15) is 32.1 Å². The molecule has 0 radical (unpaired) electrons. The van der Waals surface area contributed by atoms with E-state index in [1.807, 2.05) is 0 Å². The molecule has 0 aromatic carbocycles. The normalized spacial score (nSPS) is 38.4. The van der Waals surface area contributed by atoms with Crippen molar-refractivity contribution in [1.29, 1.82) is 0 Å². The molecule has 0 bridgehead atoms. The Morgan fingerprint density at radius 1 is 1.05 bits per heavy atom. The molecule has 5 heteroatoms. The first-order valence-electron chi connectivity index (χ1n) is 7.20. The van der Waals surface area contributed by atoms with E-state index in [-0.39, 0.29) is 11.5 Å². The van der Waals surface area contributed by atoms with Crippen molar-refractivity contribution in [3.63, 3.8) is 0 Å². The van der Waals surface area contributed by atoms with Crippen molar-refractivity contribution < 1.29 is 24.1 Å². The van der Waals surface area contributed by atoms with E-state index in [2.05, 4.69) is 0 Å². The van der Waals surface area contributed by atoms with Gasteiger partial charge in [-0.2, -0.15) is 0 Å². The zero-order valence-electron chi connectivity index (χ0n) is 11.2. The zero-order chi connectivity index (χ0) is 13.3. The van der Waals surface area contributed by atoms with Crippen LogP contribution in [0.5, 0.6) is 0 Å². The average Bonchev–Trinajstić information content (AvgIpc) is 2.87. The molecule has 3 heterocycles. The lowest BCUT2D eigenvalue weighted by Gasteiger charge is -2.46. The van der Waals surface area contributed by atoms with Crippen LogP contribution in [0.4, 0.5) is 0 Å². The van der Waals surface area contributed by atoms with Crippen LogP contribution < -0.4 is 0 Å². The summed E-state index contributed by atoms with van der Waals surface area (Å²) in [5.41, 5.74) is -0.832. The minimum Gasteiger partial charge on any atom is -0.481 e. The van der Waals surface area contributed by atoms with Crippen LogP contribution in [0.25, 0.3) is 0 Å². The summed E-state index contributed by atoms with van der Waals surface area (Å²) in [6, 6.07) is 0. The molecule has 0 aromatic heterocycles. The van der Waals surface area contributed by atoms with Crippen LogP contribution in [0.15, 0.2) is 0 Å². The van der Waals surface area contributed by atoms with Gasteiger partial charge >= 0.3 is 5.97 Å². The van der Waals surface area contributed by atoms with Crippen LogP contribution in [0.3, 0.4) is 0 Å². The Kier molecular flexibility index (Phi) is 3.53. The summed E-state index contributed by atoms with van der Waals surface area (Å²) in [6.45, 7) is 3.13. The molecule has 5 nitrogen and oxygen atoms in total. The van der Waals surface area contributed by atoms with Crippen LogP contribution in [0, 0.1) is 11.3 Å². The van der Waals surface area contributed by atoms with Gasteiger partial charge in [0, 0.05) is 32.8 Å². The van der Waals surface area contributed by atoms with Crippen molar-refractivity contribution >= 4 is 5.97 Å². The predicted molar refractivity (Wildman–Crippen MR) is 67.0 cm³/mol. The Morgan fingerprint density at radius 2 is 1.79 bits per heavy atom. The van der Waals surface area contributed by atoms with Crippen LogP contribution in [-0.4, -0.2) is 49.7 Å². The van der Waals surface area contributed by atoms with Crippen molar-refractivity contribution in [2.45, 2.75) is 37.7 Å². The Balaban J connectivity index is 1.80. The topological polar surface area (TPSA) is 65.0 Å². The van der Waals surface area contributed by atoms with E-state index in [0.717, 1.165) is 25.9 Å². The molecule has 3 aliphatic heterocycles. The lowest BCUT2D eigenvalue weighted by Crippen LogP contribution is -2.50. The number of rotatable bonds is 2. The third-order valence-electron chi connectivity index (χ3n) is 5.15. The first-order chi connectivity index (χ1) is 9.17. The molecular weight excluding hydrogens is 248 g/mol. The largest absolute Gasteiger partial charge is 0.481 e. The van der Waals surface area contributed by atoms with Crippen LogP contribution in [0.2, 0.25) is 0 Å². The summed E-state index contributed by atoms with van der Waals surface area (Å²) in [7, 11) is 0. The van der Waals surface area contributed by atoms with Gasteiger partial charge in [-0.25, -0.2) is 0 Å². The van der Waals surface area contributed by atoms with E-state index >= 15 is 0 Å². The van der Waals surface area contributed by atoms with Gasteiger partial charge in [-0.3, -0.25) is 4.79 Å². The van der Waals surface area contributed by atoms with Crippen LogP contribution >= 0.6 is 0 Å². The maximum Gasteiger partial charge on any atom is 0.310 e. The monoisotopic (exact) mass is 270 g/mol. The van der Waals surface area contributed by atoms with Gasteiger partial charge in [0.1, 0.15) is 0 Å². The summed E-state index contributed by atoms with van der Waals surface area (Å²) in [6.07, 6.45) is 3.82. The predicted octanol–water partition coefficient (Wildman–Crippen LogP) is 1.45. The maximum absolute atomic E-state index is 11.9. The molecule has 1 spiro atoms. The lowest BCUT2D eigenvalue weighted by atomic mass is 9.64. The Morgan fingerprint density at radius 3 is 2.42 bits per heavy atom. The molecule has 1 N–H and O–H groups in total. The van der Waals surface area contributed by atoms with Gasteiger partial charge in [-0.05, 0) is 31.6 Å². The van der Waals surface area contributed by atoms with E-state index in [4.69, 9.17) is 14.2 Å². The third kappa shape index (κ3) is 2.28. The minimum atomic E-state index is -0.656. The van der Waals surface area contributed by atoms with Crippen molar-refractivity contribution in [1.82, 2.24) is 0 Å². The van der Waals surface area contributed by atoms with Crippen molar-refractivity contribution in [3.8, 4) is 0 Å². The van der Waals surface area contributed by atoms with Gasteiger partial charge in [-0.1, -0.05) is 0 Å². The van der Waals surface area contributed by atoms with E-state index in [1.54, 1.807) is 0 Å². The Labute approximate surface area is 113 Å².